The molecule has 1 atom stereocenters. The predicted molar refractivity (Wildman–Crippen MR) is 97.7 cm³/mol. The molecule has 3 heterocycles. The number of ether oxygens (including phenoxy) is 1. The molecule has 5 nitrogen and oxygen atoms in total. The minimum atomic E-state index is 0.0607. The molecule has 1 aromatic carbocycles. The van der Waals surface area contributed by atoms with Gasteiger partial charge in [0.15, 0.2) is 0 Å². The van der Waals surface area contributed by atoms with E-state index in [1.807, 2.05) is 35.2 Å². The number of fused-ring (bicyclic) bond motifs is 1. The molecule has 0 spiro atoms. The summed E-state index contributed by atoms with van der Waals surface area (Å²) in [7, 11) is 0. The summed E-state index contributed by atoms with van der Waals surface area (Å²) in [4.78, 5) is 21.9. The van der Waals surface area contributed by atoms with Crippen LogP contribution in [-0.2, 0) is 4.74 Å². The molecule has 2 aliphatic heterocycles. The summed E-state index contributed by atoms with van der Waals surface area (Å²) < 4.78 is 5.64. The lowest BCUT2D eigenvalue weighted by Crippen LogP contribution is -2.51. The number of likely N-dealkylation sites (tertiary alicyclic amines) is 1. The monoisotopic (exact) mass is 339 g/mol. The minimum Gasteiger partial charge on any atom is -0.376 e. The number of morpholine rings is 1. The van der Waals surface area contributed by atoms with Crippen molar-refractivity contribution in [2.75, 3.05) is 32.8 Å². The van der Waals surface area contributed by atoms with Crippen LogP contribution in [0.25, 0.3) is 10.8 Å². The number of amides is 1. The molecular formula is C20H25N3O2. The van der Waals surface area contributed by atoms with Gasteiger partial charge in [-0.25, -0.2) is 0 Å². The fraction of sp³-hybridized carbons (Fsp3) is 0.500. The van der Waals surface area contributed by atoms with Crippen LogP contribution in [0.1, 0.15) is 30.3 Å². The maximum atomic E-state index is 13.0. The van der Waals surface area contributed by atoms with Crippen LogP contribution in [0.2, 0.25) is 0 Å². The van der Waals surface area contributed by atoms with E-state index in [4.69, 9.17) is 4.74 Å². The summed E-state index contributed by atoms with van der Waals surface area (Å²) in [6.45, 7) is 6.58. The van der Waals surface area contributed by atoms with E-state index in [1.165, 1.54) is 0 Å². The van der Waals surface area contributed by atoms with E-state index in [-0.39, 0.29) is 5.91 Å². The predicted octanol–water partition coefficient (Wildman–Crippen LogP) is 2.56. The van der Waals surface area contributed by atoms with Crippen LogP contribution in [0.3, 0.4) is 0 Å². The largest absolute Gasteiger partial charge is 0.376 e. The number of carbonyl (C=O) groups excluding carboxylic acids is 1. The Morgan fingerprint density at radius 2 is 1.96 bits per heavy atom. The lowest BCUT2D eigenvalue weighted by molar-refractivity contribution is -0.0423. The third-order valence-corrected chi connectivity index (χ3v) is 5.42. The third kappa shape index (κ3) is 3.39. The molecule has 2 saturated heterocycles. The first-order chi connectivity index (χ1) is 12.2. The Hall–Kier alpha value is -1.98. The molecular weight excluding hydrogens is 314 g/mol. The zero-order valence-corrected chi connectivity index (χ0v) is 14.7. The van der Waals surface area contributed by atoms with Crippen LogP contribution >= 0.6 is 0 Å². The second-order valence-electron chi connectivity index (χ2n) is 7.08. The van der Waals surface area contributed by atoms with E-state index >= 15 is 0 Å². The summed E-state index contributed by atoms with van der Waals surface area (Å²) in [6.07, 6.45) is 4.11. The van der Waals surface area contributed by atoms with Crippen LogP contribution < -0.4 is 0 Å². The number of piperidine rings is 1. The Morgan fingerprint density at radius 3 is 2.76 bits per heavy atom. The second kappa shape index (κ2) is 7.10. The van der Waals surface area contributed by atoms with Gasteiger partial charge in [-0.15, -0.1) is 0 Å². The highest BCUT2D eigenvalue weighted by molar-refractivity contribution is 6.05. The van der Waals surface area contributed by atoms with Gasteiger partial charge in [0.1, 0.15) is 5.69 Å². The van der Waals surface area contributed by atoms with Gasteiger partial charge in [0.05, 0.1) is 12.7 Å². The van der Waals surface area contributed by atoms with Crippen LogP contribution in [0, 0.1) is 0 Å². The SMILES string of the molecule is C[C@@H]1CN(C2CCN(C(=O)c3nccc4ccccc34)CC2)CCO1. The Balaban J connectivity index is 1.44. The lowest BCUT2D eigenvalue weighted by Gasteiger charge is -2.41. The van der Waals surface area contributed by atoms with Crippen molar-refractivity contribution in [1.82, 2.24) is 14.8 Å². The number of pyridine rings is 1. The number of rotatable bonds is 2. The smallest absolute Gasteiger partial charge is 0.273 e. The minimum absolute atomic E-state index is 0.0607. The molecule has 1 amide bonds. The number of benzene rings is 1. The molecule has 2 aliphatic rings. The van der Waals surface area contributed by atoms with E-state index in [0.717, 1.165) is 56.4 Å². The maximum Gasteiger partial charge on any atom is 0.273 e. The molecule has 0 saturated carbocycles. The fourth-order valence-corrected chi connectivity index (χ4v) is 4.05. The highest BCUT2D eigenvalue weighted by atomic mass is 16.5. The molecule has 2 fully saturated rings. The van der Waals surface area contributed by atoms with Gasteiger partial charge in [-0.3, -0.25) is 14.7 Å². The number of carbonyl (C=O) groups is 1. The van der Waals surface area contributed by atoms with Gasteiger partial charge >= 0.3 is 0 Å². The molecule has 0 N–H and O–H groups in total. The summed E-state index contributed by atoms with van der Waals surface area (Å²) in [5.41, 5.74) is 0.580. The van der Waals surface area contributed by atoms with E-state index in [1.54, 1.807) is 6.20 Å². The molecule has 4 rings (SSSR count). The third-order valence-electron chi connectivity index (χ3n) is 5.42. The molecule has 0 radical (unpaired) electrons. The highest BCUT2D eigenvalue weighted by Crippen LogP contribution is 2.23. The molecule has 25 heavy (non-hydrogen) atoms. The first-order valence-electron chi connectivity index (χ1n) is 9.21. The van der Waals surface area contributed by atoms with Crippen molar-refractivity contribution in [2.45, 2.75) is 31.9 Å². The standard InChI is InChI=1S/C20H25N3O2/c1-15-14-23(12-13-25-15)17-7-10-22(11-8-17)20(24)19-18-5-3-2-4-16(18)6-9-21-19/h2-6,9,15,17H,7-8,10-14H2,1H3/t15-/m1/s1. The maximum absolute atomic E-state index is 13.0. The van der Waals surface area contributed by atoms with Gasteiger partial charge in [-0.05, 0) is 31.2 Å². The average Bonchev–Trinajstić information content (AvgIpc) is 2.67. The van der Waals surface area contributed by atoms with Gasteiger partial charge < -0.3 is 9.64 Å². The topological polar surface area (TPSA) is 45.7 Å². The average molecular weight is 339 g/mol. The fourth-order valence-electron chi connectivity index (χ4n) is 4.05. The van der Waals surface area contributed by atoms with E-state index < -0.39 is 0 Å². The number of nitrogens with zero attached hydrogens (tertiary/aromatic N) is 3. The zero-order chi connectivity index (χ0) is 17.2. The number of hydrogen-bond acceptors (Lipinski definition) is 4. The van der Waals surface area contributed by atoms with Crippen molar-refractivity contribution in [3.63, 3.8) is 0 Å². The van der Waals surface area contributed by atoms with Crippen molar-refractivity contribution >= 4 is 16.7 Å². The first-order valence-corrected chi connectivity index (χ1v) is 9.21. The molecule has 0 unspecified atom stereocenters. The van der Waals surface area contributed by atoms with Crippen molar-refractivity contribution in [3.05, 3.63) is 42.2 Å². The Morgan fingerprint density at radius 1 is 1.16 bits per heavy atom. The van der Waals surface area contributed by atoms with E-state index in [2.05, 4.69) is 16.8 Å². The van der Waals surface area contributed by atoms with Crippen LogP contribution in [0.15, 0.2) is 36.5 Å². The van der Waals surface area contributed by atoms with Crippen LogP contribution in [0.5, 0.6) is 0 Å². The molecule has 2 aromatic rings. The van der Waals surface area contributed by atoms with E-state index in [9.17, 15) is 4.79 Å². The summed E-state index contributed by atoms with van der Waals surface area (Å²) in [6, 6.07) is 10.5. The van der Waals surface area contributed by atoms with Gasteiger partial charge in [0.25, 0.3) is 5.91 Å². The Kier molecular flexibility index (Phi) is 4.68. The van der Waals surface area contributed by atoms with Crippen molar-refractivity contribution in [3.8, 4) is 0 Å². The summed E-state index contributed by atoms with van der Waals surface area (Å²) in [5.74, 6) is 0.0607. The summed E-state index contributed by atoms with van der Waals surface area (Å²) in [5, 5.41) is 2.01. The van der Waals surface area contributed by atoms with Crippen molar-refractivity contribution in [2.24, 2.45) is 0 Å². The molecule has 0 bridgehead atoms. The highest BCUT2D eigenvalue weighted by Gasteiger charge is 2.30. The first kappa shape index (κ1) is 16.5. The van der Waals surface area contributed by atoms with Crippen LogP contribution in [0.4, 0.5) is 0 Å². The van der Waals surface area contributed by atoms with Crippen molar-refractivity contribution in [1.29, 1.82) is 0 Å². The molecule has 0 aliphatic carbocycles. The normalized spacial score (nSPS) is 23.1. The van der Waals surface area contributed by atoms with Crippen LogP contribution in [-0.4, -0.2) is 65.6 Å². The second-order valence-corrected chi connectivity index (χ2v) is 7.08. The number of hydrogen-bond donors (Lipinski definition) is 0. The van der Waals surface area contributed by atoms with Gasteiger partial charge in [0.2, 0.25) is 0 Å². The molecule has 132 valence electrons. The summed E-state index contributed by atoms with van der Waals surface area (Å²) >= 11 is 0. The Labute approximate surface area is 148 Å². The molecule has 1 aromatic heterocycles. The van der Waals surface area contributed by atoms with E-state index in [0.29, 0.717) is 17.8 Å². The van der Waals surface area contributed by atoms with Gasteiger partial charge in [-0.2, -0.15) is 0 Å². The van der Waals surface area contributed by atoms with Gasteiger partial charge in [0, 0.05) is 43.8 Å². The molecule has 5 heteroatoms. The zero-order valence-electron chi connectivity index (χ0n) is 14.7. The van der Waals surface area contributed by atoms with Crippen molar-refractivity contribution < 1.29 is 9.53 Å². The van der Waals surface area contributed by atoms with Gasteiger partial charge in [-0.1, -0.05) is 24.3 Å². The number of aromatic nitrogens is 1. The lowest BCUT2D eigenvalue weighted by atomic mass is 10.0. The quantitative estimate of drug-likeness (QED) is 0.844. The Bertz CT molecular complexity index is 750.